The van der Waals surface area contributed by atoms with Gasteiger partial charge in [0.05, 0.1) is 13.1 Å². The Labute approximate surface area is 146 Å². The van der Waals surface area contributed by atoms with Crippen LogP contribution < -0.4 is 10.6 Å². The van der Waals surface area contributed by atoms with Gasteiger partial charge in [-0.1, -0.05) is 26.2 Å². The first-order valence-electron chi connectivity index (χ1n) is 6.99. The summed E-state index contributed by atoms with van der Waals surface area (Å²) in [4.78, 5) is 24.0. The molecule has 1 aromatic heterocycles. The molecule has 1 aromatic rings. The van der Waals surface area contributed by atoms with Crippen molar-refractivity contribution in [1.82, 2.24) is 10.6 Å². The molecule has 0 bridgehead atoms. The van der Waals surface area contributed by atoms with Crippen molar-refractivity contribution in [3.63, 3.8) is 0 Å². The van der Waals surface area contributed by atoms with Crippen molar-refractivity contribution < 1.29 is 9.59 Å². The molecule has 1 rings (SSSR count). The minimum absolute atomic E-state index is 0.148. The van der Waals surface area contributed by atoms with Crippen LogP contribution in [0.3, 0.4) is 0 Å². The van der Waals surface area contributed by atoms with Gasteiger partial charge in [-0.2, -0.15) is 0 Å². The van der Waals surface area contributed by atoms with Crippen LogP contribution in [0, 0.1) is 0 Å². The van der Waals surface area contributed by atoms with Gasteiger partial charge in [-0.25, -0.2) is 0 Å². The second-order valence-electron chi connectivity index (χ2n) is 4.78. The van der Waals surface area contributed by atoms with E-state index in [-0.39, 0.29) is 11.8 Å². The largest absolute Gasteiger partial charge is 0.354 e. The second kappa shape index (κ2) is 9.58. The Balaban J connectivity index is 2.38. The summed E-state index contributed by atoms with van der Waals surface area (Å²) in [6, 6.07) is 1.19. The van der Waals surface area contributed by atoms with Gasteiger partial charge in [0.25, 0.3) is 5.91 Å². The standard InChI is InChI=1S/C14H20Br2N2O2S/c1-3-4-5-6-7-17-13(19)9(2)18-14(20)10-8-11(15)21-12(10)16/h8-9H,3-7H2,1-2H3,(H,17,19)(H,18,20)/t9-/m0/s1. The van der Waals surface area contributed by atoms with Crippen LogP contribution >= 0.6 is 43.2 Å². The predicted molar refractivity (Wildman–Crippen MR) is 93.8 cm³/mol. The molecule has 0 aliphatic carbocycles. The summed E-state index contributed by atoms with van der Waals surface area (Å²) in [5, 5.41) is 5.55. The van der Waals surface area contributed by atoms with E-state index >= 15 is 0 Å². The molecule has 2 amide bonds. The summed E-state index contributed by atoms with van der Waals surface area (Å²) in [5.74, 6) is -0.400. The van der Waals surface area contributed by atoms with Gasteiger partial charge in [0, 0.05) is 6.54 Å². The molecule has 0 spiro atoms. The quantitative estimate of drug-likeness (QED) is 0.599. The average Bonchev–Trinajstić information content (AvgIpc) is 2.77. The van der Waals surface area contributed by atoms with Crippen LogP contribution in [0.4, 0.5) is 0 Å². The highest BCUT2D eigenvalue weighted by molar-refractivity contribution is 9.12. The van der Waals surface area contributed by atoms with E-state index in [4.69, 9.17) is 0 Å². The molecule has 0 saturated carbocycles. The summed E-state index contributed by atoms with van der Waals surface area (Å²) < 4.78 is 1.62. The van der Waals surface area contributed by atoms with E-state index in [0.717, 1.165) is 20.4 Å². The molecular weight excluding hydrogens is 420 g/mol. The number of hydrogen-bond donors (Lipinski definition) is 2. The highest BCUT2D eigenvalue weighted by atomic mass is 79.9. The summed E-state index contributed by atoms with van der Waals surface area (Å²) in [6.07, 6.45) is 4.45. The molecule has 1 atom stereocenters. The fourth-order valence-corrected chi connectivity index (χ4v) is 4.54. The summed E-state index contributed by atoms with van der Waals surface area (Å²) >= 11 is 8.09. The summed E-state index contributed by atoms with van der Waals surface area (Å²) in [7, 11) is 0. The van der Waals surface area contributed by atoms with Crippen molar-refractivity contribution in [2.45, 2.75) is 45.6 Å². The Morgan fingerprint density at radius 2 is 2.00 bits per heavy atom. The van der Waals surface area contributed by atoms with Gasteiger partial charge in [0.2, 0.25) is 5.91 Å². The van der Waals surface area contributed by atoms with E-state index < -0.39 is 6.04 Å². The monoisotopic (exact) mass is 438 g/mol. The fourth-order valence-electron chi connectivity index (χ4n) is 1.75. The molecule has 0 unspecified atom stereocenters. The van der Waals surface area contributed by atoms with Crippen LogP contribution in [-0.4, -0.2) is 24.4 Å². The van der Waals surface area contributed by atoms with Crippen molar-refractivity contribution in [3.05, 3.63) is 19.2 Å². The first-order valence-corrected chi connectivity index (χ1v) is 9.39. The third kappa shape index (κ3) is 6.48. The van der Waals surface area contributed by atoms with E-state index in [1.54, 1.807) is 13.0 Å². The number of amides is 2. The first kappa shape index (κ1) is 18.6. The number of hydrogen-bond acceptors (Lipinski definition) is 3. The minimum atomic E-state index is -0.547. The normalized spacial score (nSPS) is 12.0. The molecule has 4 nitrogen and oxygen atoms in total. The SMILES string of the molecule is CCCCCCNC(=O)[C@H](C)NC(=O)c1cc(Br)sc1Br. The van der Waals surface area contributed by atoms with Crippen LogP contribution in [-0.2, 0) is 4.79 Å². The zero-order valence-corrected chi connectivity index (χ0v) is 16.2. The molecule has 0 aromatic carbocycles. The Bertz CT molecular complexity index is 491. The molecule has 1 heterocycles. The molecule has 0 saturated heterocycles. The van der Waals surface area contributed by atoms with Crippen LogP contribution in [0.5, 0.6) is 0 Å². The Hall–Kier alpha value is -0.400. The van der Waals surface area contributed by atoms with Gasteiger partial charge in [-0.15, -0.1) is 11.3 Å². The maximum absolute atomic E-state index is 12.1. The number of rotatable bonds is 8. The third-order valence-corrected chi connectivity index (χ3v) is 5.31. The maximum atomic E-state index is 12.1. The smallest absolute Gasteiger partial charge is 0.253 e. The summed E-state index contributed by atoms with van der Waals surface area (Å²) in [6.45, 7) is 4.50. The van der Waals surface area contributed by atoms with Gasteiger partial charge >= 0.3 is 0 Å². The Kier molecular flexibility index (Phi) is 8.51. The lowest BCUT2D eigenvalue weighted by molar-refractivity contribution is -0.122. The highest BCUT2D eigenvalue weighted by Crippen LogP contribution is 2.31. The third-order valence-electron chi connectivity index (χ3n) is 2.97. The molecule has 0 fully saturated rings. The van der Waals surface area contributed by atoms with Gasteiger partial charge in [0.1, 0.15) is 6.04 Å². The first-order chi connectivity index (χ1) is 9.95. The Morgan fingerprint density at radius 1 is 1.29 bits per heavy atom. The minimum Gasteiger partial charge on any atom is -0.354 e. The zero-order valence-electron chi connectivity index (χ0n) is 12.2. The topological polar surface area (TPSA) is 58.2 Å². The van der Waals surface area contributed by atoms with Crippen LogP contribution in [0.15, 0.2) is 13.6 Å². The predicted octanol–water partition coefficient (Wildman–Crippen LogP) is 4.09. The van der Waals surface area contributed by atoms with Crippen LogP contribution in [0.2, 0.25) is 0 Å². The van der Waals surface area contributed by atoms with E-state index in [0.29, 0.717) is 12.1 Å². The van der Waals surface area contributed by atoms with E-state index in [1.807, 2.05) is 0 Å². The molecule has 0 aliphatic heterocycles. The van der Waals surface area contributed by atoms with Crippen molar-refractivity contribution in [1.29, 1.82) is 0 Å². The number of nitrogens with one attached hydrogen (secondary N) is 2. The lowest BCUT2D eigenvalue weighted by Gasteiger charge is -2.13. The van der Waals surface area contributed by atoms with E-state index in [2.05, 4.69) is 49.4 Å². The number of thiophene rings is 1. The van der Waals surface area contributed by atoms with E-state index in [1.165, 1.54) is 24.2 Å². The lowest BCUT2D eigenvalue weighted by Crippen LogP contribution is -2.45. The molecule has 7 heteroatoms. The molecule has 0 radical (unpaired) electrons. The second-order valence-corrected chi connectivity index (χ2v) is 8.53. The van der Waals surface area contributed by atoms with E-state index in [9.17, 15) is 9.59 Å². The molecule has 21 heavy (non-hydrogen) atoms. The van der Waals surface area contributed by atoms with Crippen LogP contribution in [0.1, 0.15) is 49.9 Å². The number of halogens is 2. The van der Waals surface area contributed by atoms with Gasteiger partial charge in [-0.3, -0.25) is 9.59 Å². The maximum Gasteiger partial charge on any atom is 0.253 e. The molecule has 2 N–H and O–H groups in total. The lowest BCUT2D eigenvalue weighted by atomic mass is 10.2. The average molecular weight is 440 g/mol. The van der Waals surface area contributed by atoms with Gasteiger partial charge in [0.15, 0.2) is 0 Å². The van der Waals surface area contributed by atoms with Crippen molar-refractivity contribution >= 4 is 55.0 Å². The molecular formula is C14H20Br2N2O2S. The zero-order chi connectivity index (χ0) is 15.8. The molecule has 0 aliphatic rings. The van der Waals surface area contributed by atoms with Crippen molar-refractivity contribution in [2.75, 3.05) is 6.54 Å². The number of unbranched alkanes of at least 4 members (excludes halogenated alkanes) is 3. The van der Waals surface area contributed by atoms with Crippen molar-refractivity contribution in [3.8, 4) is 0 Å². The van der Waals surface area contributed by atoms with Crippen molar-refractivity contribution in [2.24, 2.45) is 0 Å². The van der Waals surface area contributed by atoms with Gasteiger partial charge < -0.3 is 10.6 Å². The fraction of sp³-hybridized carbons (Fsp3) is 0.571. The molecule has 118 valence electrons. The van der Waals surface area contributed by atoms with Crippen LogP contribution in [0.25, 0.3) is 0 Å². The number of carbonyl (C=O) groups excluding carboxylic acids is 2. The Morgan fingerprint density at radius 3 is 2.57 bits per heavy atom. The number of carbonyl (C=O) groups is 2. The highest BCUT2D eigenvalue weighted by Gasteiger charge is 2.19. The summed E-state index contributed by atoms with van der Waals surface area (Å²) in [5.41, 5.74) is 0.537. The van der Waals surface area contributed by atoms with Gasteiger partial charge in [-0.05, 0) is 51.3 Å².